The van der Waals surface area contributed by atoms with E-state index in [1.165, 1.54) is 205 Å². The average molecular weight is 1020 g/mol. The van der Waals surface area contributed by atoms with Crippen molar-refractivity contribution in [3.05, 3.63) is 48.6 Å². The number of unbranched alkanes of at least 4 members (excludes halogenated alkanes) is 40. The van der Waals surface area contributed by atoms with Crippen molar-refractivity contribution in [3.63, 3.8) is 0 Å². The number of esters is 3. The lowest BCUT2D eigenvalue weighted by atomic mass is 10.0. The second kappa shape index (κ2) is 61.9. The van der Waals surface area contributed by atoms with Crippen molar-refractivity contribution < 1.29 is 28.6 Å². The first kappa shape index (κ1) is 70.4. The van der Waals surface area contributed by atoms with E-state index in [9.17, 15) is 14.4 Å². The van der Waals surface area contributed by atoms with E-state index in [4.69, 9.17) is 14.2 Å². The van der Waals surface area contributed by atoms with Crippen molar-refractivity contribution in [2.24, 2.45) is 0 Å². The molecule has 0 heterocycles. The molecule has 1 unspecified atom stereocenters. The molecule has 0 N–H and O–H groups in total. The largest absolute Gasteiger partial charge is 0.462 e. The van der Waals surface area contributed by atoms with Gasteiger partial charge < -0.3 is 14.2 Å². The van der Waals surface area contributed by atoms with Crippen LogP contribution in [-0.4, -0.2) is 37.2 Å². The smallest absolute Gasteiger partial charge is 0.306 e. The van der Waals surface area contributed by atoms with E-state index in [1.807, 2.05) is 0 Å². The summed E-state index contributed by atoms with van der Waals surface area (Å²) in [5.41, 5.74) is 0. The van der Waals surface area contributed by atoms with Gasteiger partial charge in [-0.25, -0.2) is 0 Å². The molecule has 0 amide bonds. The van der Waals surface area contributed by atoms with E-state index >= 15 is 0 Å². The molecular formula is C67H122O6. The second-order valence-corrected chi connectivity index (χ2v) is 21.7. The summed E-state index contributed by atoms with van der Waals surface area (Å²) in [7, 11) is 0. The van der Waals surface area contributed by atoms with Crippen LogP contribution in [0.15, 0.2) is 48.6 Å². The Balaban J connectivity index is 4.01. The number of carbonyl (C=O) groups excluding carboxylic acids is 3. The average Bonchev–Trinajstić information content (AvgIpc) is 3.39. The Bertz CT molecular complexity index is 1270. The number of rotatable bonds is 59. The first-order valence-electron chi connectivity index (χ1n) is 32.1. The summed E-state index contributed by atoms with van der Waals surface area (Å²) in [5.74, 6) is -0.895. The predicted octanol–water partition coefficient (Wildman–Crippen LogP) is 21.8. The van der Waals surface area contributed by atoms with E-state index in [0.29, 0.717) is 19.3 Å². The van der Waals surface area contributed by atoms with Crippen LogP contribution in [0.3, 0.4) is 0 Å². The molecule has 73 heavy (non-hydrogen) atoms. The molecule has 0 aliphatic carbocycles. The van der Waals surface area contributed by atoms with E-state index in [-0.39, 0.29) is 31.1 Å². The Hall–Kier alpha value is -2.63. The van der Waals surface area contributed by atoms with Crippen LogP contribution in [0, 0.1) is 0 Å². The molecule has 0 bridgehead atoms. The van der Waals surface area contributed by atoms with Crippen LogP contribution >= 0.6 is 0 Å². The fourth-order valence-electron chi connectivity index (χ4n) is 9.56. The molecule has 0 saturated heterocycles. The highest BCUT2D eigenvalue weighted by Crippen LogP contribution is 2.18. The highest BCUT2D eigenvalue weighted by atomic mass is 16.6. The van der Waals surface area contributed by atoms with Crippen LogP contribution in [0.5, 0.6) is 0 Å². The molecule has 1 atom stereocenters. The van der Waals surface area contributed by atoms with Gasteiger partial charge in [0.1, 0.15) is 13.2 Å². The topological polar surface area (TPSA) is 78.9 Å². The van der Waals surface area contributed by atoms with Crippen molar-refractivity contribution in [2.75, 3.05) is 13.2 Å². The third-order valence-electron chi connectivity index (χ3n) is 14.3. The summed E-state index contributed by atoms with van der Waals surface area (Å²) in [6.45, 7) is 6.51. The van der Waals surface area contributed by atoms with Gasteiger partial charge in [0.2, 0.25) is 0 Å². The van der Waals surface area contributed by atoms with Crippen molar-refractivity contribution in [1.29, 1.82) is 0 Å². The lowest BCUT2D eigenvalue weighted by Gasteiger charge is -2.18. The maximum Gasteiger partial charge on any atom is 0.306 e. The van der Waals surface area contributed by atoms with Gasteiger partial charge in [-0.15, -0.1) is 0 Å². The third-order valence-corrected chi connectivity index (χ3v) is 14.3. The molecule has 0 radical (unpaired) electrons. The fourth-order valence-corrected chi connectivity index (χ4v) is 9.56. The quantitative estimate of drug-likeness (QED) is 0.0261. The summed E-state index contributed by atoms with van der Waals surface area (Å²) in [6, 6.07) is 0. The van der Waals surface area contributed by atoms with E-state index < -0.39 is 6.10 Å². The number of carbonyl (C=O) groups is 3. The van der Waals surface area contributed by atoms with Crippen LogP contribution in [0.25, 0.3) is 0 Å². The number of allylic oxidation sites excluding steroid dienone is 8. The predicted molar refractivity (Wildman–Crippen MR) is 316 cm³/mol. The standard InChI is InChI=1S/C67H122O6/c1-4-7-10-13-16-18-20-22-24-26-27-28-29-30-31-32-33-34-35-36-37-38-39-41-42-44-46-48-51-54-57-60-66(69)72-63-64(62-71-65(68)59-56-53-50-15-12-9-6-3)73-67(70)61-58-55-52-49-47-45-43-40-25-23-21-19-17-14-11-8-5-2/h8,11,17,19,23,25,43,45,64H,4-7,9-10,12-16,18,20-22,24,26-42,44,46-63H2,1-3H3/b11-8-,19-17-,25-23-,45-43-. The molecule has 0 aromatic heterocycles. The third kappa shape index (κ3) is 60.1. The Morgan fingerprint density at radius 1 is 0.288 bits per heavy atom. The van der Waals surface area contributed by atoms with Gasteiger partial charge in [0.05, 0.1) is 0 Å². The lowest BCUT2D eigenvalue weighted by Crippen LogP contribution is -2.30. The zero-order valence-corrected chi connectivity index (χ0v) is 48.9. The zero-order chi connectivity index (χ0) is 52.9. The van der Waals surface area contributed by atoms with Crippen molar-refractivity contribution >= 4 is 17.9 Å². The van der Waals surface area contributed by atoms with E-state index in [2.05, 4.69) is 69.4 Å². The van der Waals surface area contributed by atoms with Gasteiger partial charge in [0, 0.05) is 19.3 Å². The van der Waals surface area contributed by atoms with E-state index in [0.717, 1.165) is 96.3 Å². The summed E-state index contributed by atoms with van der Waals surface area (Å²) in [6.07, 6.45) is 77.4. The molecule has 0 aromatic carbocycles. The van der Waals surface area contributed by atoms with Gasteiger partial charge in [-0.1, -0.05) is 313 Å². The minimum Gasteiger partial charge on any atom is -0.462 e. The molecule has 0 fully saturated rings. The minimum absolute atomic E-state index is 0.0796. The SMILES string of the molecule is CC/C=C\C/C=C\C/C=C\C/C=C\CCCCCCC(=O)OC(COC(=O)CCCCCCCCC)COC(=O)CCCCCCCCCCCCCCCCCCCCCCCCCCCCCCCCC. The molecule has 0 saturated carbocycles. The zero-order valence-electron chi connectivity index (χ0n) is 48.9. The fraction of sp³-hybridized carbons (Fsp3) is 0.836. The van der Waals surface area contributed by atoms with Crippen LogP contribution < -0.4 is 0 Å². The second-order valence-electron chi connectivity index (χ2n) is 21.7. The van der Waals surface area contributed by atoms with Gasteiger partial charge in [-0.05, 0) is 57.8 Å². The number of hydrogen-bond acceptors (Lipinski definition) is 6. The Morgan fingerprint density at radius 3 is 0.836 bits per heavy atom. The van der Waals surface area contributed by atoms with Gasteiger partial charge in [0.25, 0.3) is 0 Å². The summed E-state index contributed by atoms with van der Waals surface area (Å²) in [5, 5.41) is 0. The maximum atomic E-state index is 12.8. The van der Waals surface area contributed by atoms with Gasteiger partial charge in [0.15, 0.2) is 6.10 Å². The maximum absolute atomic E-state index is 12.8. The molecule has 0 aliphatic heterocycles. The molecule has 0 rings (SSSR count). The summed E-state index contributed by atoms with van der Waals surface area (Å²) in [4.78, 5) is 38.0. The molecule has 6 nitrogen and oxygen atoms in total. The van der Waals surface area contributed by atoms with Crippen LogP contribution in [0.2, 0.25) is 0 Å². The normalized spacial score (nSPS) is 12.3. The molecule has 6 heteroatoms. The Kier molecular flexibility index (Phi) is 59.7. The van der Waals surface area contributed by atoms with Crippen LogP contribution in [0.4, 0.5) is 0 Å². The van der Waals surface area contributed by atoms with E-state index in [1.54, 1.807) is 0 Å². The highest BCUT2D eigenvalue weighted by Gasteiger charge is 2.19. The molecular weight excluding hydrogens is 901 g/mol. The monoisotopic (exact) mass is 1020 g/mol. The van der Waals surface area contributed by atoms with Gasteiger partial charge in [-0.2, -0.15) is 0 Å². The number of hydrogen-bond donors (Lipinski definition) is 0. The molecule has 0 spiro atoms. The Labute approximate surface area is 454 Å². The van der Waals surface area contributed by atoms with Crippen molar-refractivity contribution in [3.8, 4) is 0 Å². The summed E-state index contributed by atoms with van der Waals surface area (Å²) < 4.78 is 16.8. The van der Waals surface area contributed by atoms with Crippen LogP contribution in [-0.2, 0) is 28.6 Å². The first-order valence-corrected chi connectivity index (χ1v) is 32.1. The molecule has 0 aliphatic rings. The van der Waals surface area contributed by atoms with Gasteiger partial charge in [-0.3, -0.25) is 14.4 Å². The first-order chi connectivity index (χ1) is 36.0. The number of ether oxygens (including phenoxy) is 3. The highest BCUT2D eigenvalue weighted by molar-refractivity contribution is 5.71. The minimum atomic E-state index is -0.782. The molecule has 426 valence electrons. The van der Waals surface area contributed by atoms with Crippen LogP contribution in [0.1, 0.15) is 342 Å². The summed E-state index contributed by atoms with van der Waals surface area (Å²) >= 11 is 0. The van der Waals surface area contributed by atoms with Crippen molar-refractivity contribution in [2.45, 2.75) is 348 Å². The van der Waals surface area contributed by atoms with Gasteiger partial charge >= 0.3 is 17.9 Å². The molecule has 0 aromatic rings. The lowest BCUT2D eigenvalue weighted by molar-refractivity contribution is -0.167. The Morgan fingerprint density at radius 2 is 0.534 bits per heavy atom. The van der Waals surface area contributed by atoms with Crippen molar-refractivity contribution in [1.82, 2.24) is 0 Å².